The summed E-state index contributed by atoms with van der Waals surface area (Å²) in [6.45, 7) is 7.24. The van der Waals surface area contributed by atoms with E-state index in [1.807, 2.05) is 20.8 Å². The van der Waals surface area contributed by atoms with Crippen molar-refractivity contribution in [3.05, 3.63) is 53.6 Å². The number of carbonyl (C=O) groups excluding carboxylic acids is 1. The number of benzene rings is 2. The van der Waals surface area contributed by atoms with Crippen LogP contribution in [0, 0.1) is 5.92 Å². The highest BCUT2D eigenvalue weighted by Crippen LogP contribution is 2.28. The summed E-state index contributed by atoms with van der Waals surface area (Å²) in [6, 6.07) is 12.6. The molecule has 0 bridgehead atoms. The molecule has 0 spiro atoms. The first-order chi connectivity index (χ1) is 15.0. The average molecular weight is 482 g/mol. The third-order valence-corrected chi connectivity index (χ3v) is 6.62. The van der Waals surface area contributed by atoms with Crippen molar-refractivity contribution < 1.29 is 26.9 Å². The second-order valence-corrected chi connectivity index (χ2v) is 10.6. The lowest BCUT2D eigenvalue weighted by atomic mass is 9.98. The van der Waals surface area contributed by atoms with E-state index in [0.29, 0.717) is 25.4 Å². The molecule has 1 fully saturated rings. The van der Waals surface area contributed by atoms with Crippen molar-refractivity contribution in [2.45, 2.75) is 44.1 Å². The standard InChI is InChI=1S/C23H28ClNO6S/c1-23(2,3)30-22(26)25-13-11-17(12-14-25)16-29-18-7-6-8-19(15-18)31-32(27,28)21-10-5-4-9-20(21)24/h4-10,15,17H,11-14,16H2,1-3H3. The quantitative estimate of drug-likeness (QED) is 0.532. The number of ether oxygens (including phenoxy) is 2. The van der Waals surface area contributed by atoms with Crippen molar-refractivity contribution in [1.29, 1.82) is 0 Å². The van der Waals surface area contributed by atoms with Gasteiger partial charge in [0.1, 0.15) is 22.0 Å². The van der Waals surface area contributed by atoms with E-state index < -0.39 is 15.7 Å². The fourth-order valence-corrected chi connectivity index (χ4v) is 4.68. The molecule has 174 valence electrons. The summed E-state index contributed by atoms with van der Waals surface area (Å²) in [7, 11) is -4.06. The number of carbonyl (C=O) groups is 1. The summed E-state index contributed by atoms with van der Waals surface area (Å²) in [5, 5.41) is 0.0950. The highest BCUT2D eigenvalue weighted by molar-refractivity contribution is 7.87. The van der Waals surface area contributed by atoms with Gasteiger partial charge >= 0.3 is 16.2 Å². The molecular weight excluding hydrogens is 454 g/mol. The number of halogens is 1. The molecule has 32 heavy (non-hydrogen) atoms. The molecule has 0 saturated carbocycles. The Labute approximate surface area is 194 Å². The van der Waals surface area contributed by atoms with Gasteiger partial charge in [0.05, 0.1) is 11.6 Å². The van der Waals surface area contributed by atoms with Gasteiger partial charge in [-0.15, -0.1) is 0 Å². The van der Waals surface area contributed by atoms with E-state index >= 15 is 0 Å². The SMILES string of the molecule is CC(C)(C)OC(=O)N1CCC(COc2cccc(OS(=O)(=O)c3ccccc3Cl)c2)CC1. The maximum absolute atomic E-state index is 12.5. The van der Waals surface area contributed by atoms with Crippen LogP contribution in [0.5, 0.6) is 11.5 Å². The van der Waals surface area contributed by atoms with Crippen molar-refractivity contribution in [3.63, 3.8) is 0 Å². The van der Waals surface area contributed by atoms with Gasteiger partial charge in [0, 0.05) is 19.2 Å². The van der Waals surface area contributed by atoms with E-state index in [1.165, 1.54) is 18.2 Å². The van der Waals surface area contributed by atoms with Crippen molar-refractivity contribution >= 4 is 27.8 Å². The molecule has 2 aromatic carbocycles. The number of piperidine rings is 1. The maximum atomic E-state index is 12.5. The highest BCUT2D eigenvalue weighted by Gasteiger charge is 2.27. The molecule has 0 unspecified atom stereocenters. The Hall–Kier alpha value is -2.45. The first kappa shape index (κ1) is 24.2. The molecule has 3 rings (SSSR count). The Bertz CT molecular complexity index is 1040. The maximum Gasteiger partial charge on any atom is 0.410 e. The molecule has 0 aliphatic carbocycles. The van der Waals surface area contributed by atoms with Crippen LogP contribution in [0.15, 0.2) is 53.4 Å². The smallest absolute Gasteiger partial charge is 0.410 e. The summed E-state index contributed by atoms with van der Waals surface area (Å²) >= 11 is 5.99. The molecule has 0 radical (unpaired) electrons. The first-order valence-electron chi connectivity index (χ1n) is 10.4. The molecule has 0 aromatic heterocycles. The number of hydrogen-bond acceptors (Lipinski definition) is 6. The van der Waals surface area contributed by atoms with E-state index in [0.717, 1.165) is 12.8 Å². The lowest BCUT2D eigenvalue weighted by Crippen LogP contribution is -2.42. The zero-order chi connectivity index (χ0) is 23.4. The third-order valence-electron chi connectivity index (χ3n) is 4.87. The van der Waals surface area contributed by atoms with Gasteiger partial charge in [-0.25, -0.2) is 4.79 Å². The minimum Gasteiger partial charge on any atom is -0.493 e. The van der Waals surface area contributed by atoms with Crippen LogP contribution in [0.4, 0.5) is 4.79 Å². The molecular formula is C23H28ClNO6S. The number of rotatable bonds is 6. The summed E-state index contributed by atoms with van der Waals surface area (Å²) in [5.74, 6) is 0.929. The van der Waals surface area contributed by atoms with Gasteiger partial charge in [0.2, 0.25) is 0 Å². The number of likely N-dealkylation sites (tertiary alicyclic amines) is 1. The monoisotopic (exact) mass is 481 g/mol. The molecule has 1 heterocycles. The Morgan fingerprint density at radius 1 is 1.06 bits per heavy atom. The zero-order valence-electron chi connectivity index (χ0n) is 18.4. The van der Waals surface area contributed by atoms with Gasteiger partial charge in [0.25, 0.3) is 0 Å². The third kappa shape index (κ3) is 6.77. The van der Waals surface area contributed by atoms with E-state index in [2.05, 4.69) is 0 Å². The average Bonchev–Trinajstić information content (AvgIpc) is 2.71. The van der Waals surface area contributed by atoms with Gasteiger partial charge in [-0.2, -0.15) is 8.42 Å². The van der Waals surface area contributed by atoms with Crippen LogP contribution in [0.1, 0.15) is 33.6 Å². The minimum atomic E-state index is -4.06. The topological polar surface area (TPSA) is 82.1 Å². The fraction of sp³-hybridized carbons (Fsp3) is 0.435. The number of amides is 1. The molecule has 1 aliphatic rings. The van der Waals surface area contributed by atoms with Crippen LogP contribution in [-0.4, -0.2) is 44.7 Å². The largest absolute Gasteiger partial charge is 0.493 e. The second-order valence-electron chi connectivity index (χ2n) is 8.66. The minimum absolute atomic E-state index is 0.0928. The lowest BCUT2D eigenvalue weighted by molar-refractivity contribution is 0.0165. The predicted octanol–water partition coefficient (Wildman–Crippen LogP) is 5.13. The predicted molar refractivity (Wildman–Crippen MR) is 122 cm³/mol. The molecule has 1 aliphatic heterocycles. The zero-order valence-corrected chi connectivity index (χ0v) is 20.0. The fourth-order valence-electron chi connectivity index (χ4n) is 3.26. The molecule has 2 aromatic rings. The van der Waals surface area contributed by atoms with Gasteiger partial charge in [0.15, 0.2) is 0 Å². The van der Waals surface area contributed by atoms with Crippen molar-refractivity contribution in [1.82, 2.24) is 4.90 Å². The van der Waals surface area contributed by atoms with Gasteiger partial charge < -0.3 is 18.6 Å². The van der Waals surface area contributed by atoms with Crippen molar-refractivity contribution in [2.75, 3.05) is 19.7 Å². The van der Waals surface area contributed by atoms with E-state index in [4.69, 9.17) is 25.3 Å². The van der Waals surface area contributed by atoms with Crippen molar-refractivity contribution in [2.24, 2.45) is 5.92 Å². The van der Waals surface area contributed by atoms with Gasteiger partial charge in [-0.1, -0.05) is 29.8 Å². The Morgan fingerprint density at radius 2 is 1.72 bits per heavy atom. The summed E-state index contributed by atoms with van der Waals surface area (Å²) in [5.41, 5.74) is -0.510. The summed E-state index contributed by atoms with van der Waals surface area (Å²) in [6.07, 6.45) is 1.31. The van der Waals surface area contributed by atoms with Crippen LogP contribution in [0.25, 0.3) is 0 Å². The Kier molecular flexibility index (Phi) is 7.56. The lowest BCUT2D eigenvalue weighted by Gasteiger charge is -2.33. The summed E-state index contributed by atoms with van der Waals surface area (Å²) < 4.78 is 41.6. The second kappa shape index (κ2) is 10.0. The molecule has 0 N–H and O–H groups in total. The van der Waals surface area contributed by atoms with Crippen LogP contribution in [-0.2, 0) is 14.9 Å². The van der Waals surface area contributed by atoms with Crippen molar-refractivity contribution in [3.8, 4) is 11.5 Å². The van der Waals surface area contributed by atoms with Crippen LogP contribution in [0.3, 0.4) is 0 Å². The van der Waals surface area contributed by atoms with Crippen LogP contribution < -0.4 is 8.92 Å². The Morgan fingerprint density at radius 3 is 2.38 bits per heavy atom. The highest BCUT2D eigenvalue weighted by atomic mass is 35.5. The van der Waals surface area contributed by atoms with Crippen LogP contribution >= 0.6 is 11.6 Å². The van der Waals surface area contributed by atoms with Crippen LogP contribution in [0.2, 0.25) is 5.02 Å². The first-order valence-corrected chi connectivity index (χ1v) is 12.2. The van der Waals surface area contributed by atoms with E-state index in [1.54, 1.807) is 35.2 Å². The molecule has 1 saturated heterocycles. The van der Waals surface area contributed by atoms with Gasteiger partial charge in [-0.3, -0.25) is 0 Å². The Balaban J connectivity index is 1.53. The number of nitrogens with zero attached hydrogens (tertiary/aromatic N) is 1. The van der Waals surface area contributed by atoms with E-state index in [-0.39, 0.29) is 27.7 Å². The molecule has 7 nitrogen and oxygen atoms in total. The molecule has 0 atom stereocenters. The molecule has 1 amide bonds. The van der Waals surface area contributed by atoms with E-state index in [9.17, 15) is 13.2 Å². The van der Waals surface area contributed by atoms with Gasteiger partial charge in [-0.05, 0) is 63.8 Å². The molecule has 9 heteroatoms. The number of hydrogen-bond donors (Lipinski definition) is 0. The summed E-state index contributed by atoms with van der Waals surface area (Å²) in [4.78, 5) is 13.8. The normalized spacial score (nSPS) is 15.3.